The van der Waals surface area contributed by atoms with Crippen LogP contribution in [0.5, 0.6) is 0 Å². The molecule has 0 amide bonds. The Kier molecular flexibility index (Phi) is 20.6. The van der Waals surface area contributed by atoms with Crippen molar-refractivity contribution in [2.45, 2.75) is 55.4 Å². The van der Waals surface area contributed by atoms with E-state index in [1.54, 1.807) is 0 Å². The summed E-state index contributed by atoms with van der Waals surface area (Å²) in [6, 6.07) is 0. The fourth-order valence-corrected chi connectivity index (χ4v) is 2.81. The molecule has 0 fully saturated rings. The molecule has 0 saturated carbocycles. The largest absolute Gasteiger partial charge is 2.00 e. The second-order valence-electron chi connectivity index (χ2n) is 7.92. The van der Waals surface area contributed by atoms with Gasteiger partial charge in [0.2, 0.25) is 0 Å². The van der Waals surface area contributed by atoms with Crippen molar-refractivity contribution in [1.82, 2.24) is 9.80 Å². The van der Waals surface area contributed by atoms with Crippen molar-refractivity contribution in [3.63, 3.8) is 0 Å². The normalized spacial score (nSPS) is 10.4. The van der Waals surface area contributed by atoms with Crippen molar-refractivity contribution in [1.29, 1.82) is 0 Å². The molecule has 0 aliphatic rings. The van der Waals surface area contributed by atoms with E-state index in [0.29, 0.717) is 32.3 Å². The Morgan fingerprint density at radius 3 is 0.840 bits per heavy atom. The van der Waals surface area contributed by atoms with Gasteiger partial charge in [0.05, 0.1) is 0 Å². The maximum atomic E-state index is 4.99. The van der Waals surface area contributed by atoms with Crippen LogP contribution in [0.2, 0.25) is 0 Å². The molecule has 0 aromatic rings. The van der Waals surface area contributed by atoms with Gasteiger partial charge in [-0.1, -0.05) is 64.0 Å². The minimum absolute atomic E-state index is 0. The molecule has 0 atom stereocenters. The number of hydrogen-bond acceptors (Lipinski definition) is 4. The molecule has 25 heavy (non-hydrogen) atoms. The second-order valence-corrected chi connectivity index (χ2v) is 9.98. The number of hydrogen-bond donors (Lipinski definition) is 0. The van der Waals surface area contributed by atoms with Gasteiger partial charge in [0.25, 0.3) is 0 Å². The monoisotopic (exact) mass is 471 g/mol. The SMILES string of the molecule is CC(C)CN(CC(C)C)C(=S)[S-].CC(C)CN(CC(C)C)C(=S)[S-].[Cu+2]. The van der Waals surface area contributed by atoms with Gasteiger partial charge in [-0.25, -0.2) is 0 Å². The van der Waals surface area contributed by atoms with Crippen LogP contribution >= 0.6 is 24.4 Å². The van der Waals surface area contributed by atoms with Crippen LogP contribution in [0, 0.1) is 23.7 Å². The van der Waals surface area contributed by atoms with Crippen molar-refractivity contribution in [3.05, 3.63) is 0 Å². The first-order chi connectivity index (χ1) is 10.9. The van der Waals surface area contributed by atoms with Crippen LogP contribution in [-0.2, 0) is 42.3 Å². The summed E-state index contributed by atoms with van der Waals surface area (Å²) in [5.74, 6) is 2.52. The Bertz CT molecular complexity index is 307. The zero-order valence-electron chi connectivity index (χ0n) is 17.0. The van der Waals surface area contributed by atoms with Gasteiger partial charge in [-0.05, 0) is 23.7 Å². The van der Waals surface area contributed by atoms with Gasteiger partial charge in [0.15, 0.2) is 0 Å². The summed E-state index contributed by atoms with van der Waals surface area (Å²) in [6.45, 7) is 21.4. The summed E-state index contributed by atoms with van der Waals surface area (Å²) in [5.41, 5.74) is 0. The van der Waals surface area contributed by atoms with Crippen molar-refractivity contribution < 1.29 is 17.1 Å². The smallest absolute Gasteiger partial charge is 0.411 e. The van der Waals surface area contributed by atoms with Crippen molar-refractivity contribution in [2.75, 3.05) is 26.2 Å². The van der Waals surface area contributed by atoms with Crippen LogP contribution in [0.3, 0.4) is 0 Å². The zero-order valence-corrected chi connectivity index (χ0v) is 21.2. The van der Waals surface area contributed by atoms with E-state index < -0.39 is 0 Å². The van der Waals surface area contributed by atoms with E-state index in [0.717, 1.165) is 26.2 Å². The van der Waals surface area contributed by atoms with Gasteiger partial charge in [-0.15, -0.1) is 0 Å². The van der Waals surface area contributed by atoms with Crippen LogP contribution in [0.25, 0.3) is 0 Å². The molecule has 0 N–H and O–H groups in total. The standard InChI is InChI=1S/2C9H19NS2.Cu/c2*1-7(2)5-10(9(11)12)6-8(3)4;/h2*7-8H,5-6H2,1-4H3,(H,11,12);/q;;+2/p-2. The molecule has 0 aromatic heterocycles. The molecule has 0 bridgehead atoms. The topological polar surface area (TPSA) is 6.48 Å². The molecule has 0 heterocycles. The van der Waals surface area contributed by atoms with E-state index >= 15 is 0 Å². The second kappa shape index (κ2) is 16.9. The van der Waals surface area contributed by atoms with Crippen molar-refractivity contribution in [3.8, 4) is 0 Å². The molecular weight excluding hydrogens is 436 g/mol. The molecule has 0 rings (SSSR count). The molecule has 0 aliphatic heterocycles. The van der Waals surface area contributed by atoms with E-state index in [1.807, 2.05) is 0 Å². The van der Waals surface area contributed by atoms with Gasteiger partial charge in [0, 0.05) is 26.2 Å². The van der Waals surface area contributed by atoms with E-state index in [2.05, 4.69) is 65.2 Å². The molecule has 1 radical (unpaired) electrons. The first-order valence-corrected chi connectivity index (χ1v) is 10.4. The van der Waals surface area contributed by atoms with Crippen LogP contribution in [-0.4, -0.2) is 44.6 Å². The Labute approximate surface area is 189 Å². The fourth-order valence-electron chi connectivity index (χ4n) is 2.21. The van der Waals surface area contributed by atoms with Gasteiger partial charge in [0.1, 0.15) is 0 Å². The third kappa shape index (κ3) is 20.9. The van der Waals surface area contributed by atoms with Crippen LogP contribution in [0.1, 0.15) is 55.4 Å². The zero-order chi connectivity index (χ0) is 19.4. The molecule has 0 aromatic carbocycles. The molecule has 2 nitrogen and oxygen atoms in total. The Morgan fingerprint density at radius 1 is 0.600 bits per heavy atom. The molecule has 0 saturated heterocycles. The quantitative estimate of drug-likeness (QED) is 0.281. The van der Waals surface area contributed by atoms with Gasteiger partial charge < -0.3 is 59.5 Å². The Balaban J connectivity index is -0.000000372. The molecular formula is C18H36CuN2S4. The summed E-state index contributed by atoms with van der Waals surface area (Å²) >= 11 is 20.0. The minimum Gasteiger partial charge on any atom is -0.411 e. The van der Waals surface area contributed by atoms with E-state index in [4.69, 9.17) is 49.7 Å². The first-order valence-electron chi connectivity index (χ1n) is 8.78. The third-order valence-corrected chi connectivity index (χ3v) is 3.89. The summed E-state index contributed by atoms with van der Waals surface area (Å²) in [4.78, 5) is 4.22. The van der Waals surface area contributed by atoms with Crippen molar-refractivity contribution >= 4 is 58.3 Å². The number of rotatable bonds is 8. The number of thiocarbonyl (C=S) groups is 2. The maximum Gasteiger partial charge on any atom is 2.00 e. The van der Waals surface area contributed by atoms with Gasteiger partial charge in [-0.2, -0.15) is 0 Å². The average Bonchev–Trinajstić information content (AvgIpc) is 2.35. The van der Waals surface area contributed by atoms with Gasteiger partial charge >= 0.3 is 17.1 Å². The number of nitrogens with zero attached hydrogens (tertiary/aromatic N) is 2. The summed E-state index contributed by atoms with van der Waals surface area (Å²) < 4.78 is 1.22. The summed E-state index contributed by atoms with van der Waals surface area (Å²) in [5, 5.41) is 0. The predicted octanol–water partition coefficient (Wildman–Crippen LogP) is 4.86. The van der Waals surface area contributed by atoms with Crippen LogP contribution < -0.4 is 0 Å². The summed E-state index contributed by atoms with van der Waals surface area (Å²) in [7, 11) is 0. The average molecular weight is 472 g/mol. The Hall–Kier alpha value is 0.739. The third-order valence-electron chi connectivity index (χ3n) is 2.86. The fraction of sp³-hybridized carbons (Fsp3) is 0.889. The molecule has 0 spiro atoms. The summed E-state index contributed by atoms with van der Waals surface area (Å²) in [6.07, 6.45) is 0. The Morgan fingerprint density at radius 2 is 0.760 bits per heavy atom. The predicted molar refractivity (Wildman–Crippen MR) is 122 cm³/mol. The van der Waals surface area contributed by atoms with E-state index in [1.165, 1.54) is 0 Å². The van der Waals surface area contributed by atoms with E-state index in [-0.39, 0.29) is 17.1 Å². The van der Waals surface area contributed by atoms with Crippen LogP contribution in [0.4, 0.5) is 0 Å². The molecule has 0 unspecified atom stereocenters. The van der Waals surface area contributed by atoms with Crippen LogP contribution in [0.15, 0.2) is 0 Å². The first kappa shape index (κ1) is 30.5. The van der Waals surface area contributed by atoms with E-state index in [9.17, 15) is 0 Å². The minimum atomic E-state index is 0. The molecule has 153 valence electrons. The van der Waals surface area contributed by atoms with Crippen molar-refractivity contribution in [2.24, 2.45) is 23.7 Å². The molecule has 0 aliphatic carbocycles. The maximum absolute atomic E-state index is 4.99. The van der Waals surface area contributed by atoms with Gasteiger partial charge in [-0.3, -0.25) is 0 Å². The molecule has 7 heteroatoms.